The molecule has 148 valence electrons. The number of nitrogens with zero attached hydrogens (tertiary/aromatic N) is 3. The fraction of sp³-hybridized carbons (Fsp3) is 0.579. The lowest BCUT2D eigenvalue weighted by Gasteiger charge is -2.35. The third-order valence-corrected chi connectivity index (χ3v) is 4.04. The van der Waals surface area contributed by atoms with Crippen LogP contribution in [0.3, 0.4) is 0 Å². The summed E-state index contributed by atoms with van der Waals surface area (Å²) in [5.74, 6) is -0.256. The number of amides is 3. The summed E-state index contributed by atoms with van der Waals surface area (Å²) in [5.41, 5.74) is 0.239. The van der Waals surface area contributed by atoms with Crippen molar-refractivity contribution in [3.05, 3.63) is 30.1 Å². The van der Waals surface area contributed by atoms with Gasteiger partial charge in [0.05, 0.1) is 12.2 Å². The smallest absolute Gasteiger partial charge is 0.410 e. The predicted molar refractivity (Wildman–Crippen MR) is 99.7 cm³/mol. The Kier molecular flexibility index (Phi) is 7.15. The summed E-state index contributed by atoms with van der Waals surface area (Å²) < 4.78 is 5.34. The number of piperazine rings is 1. The van der Waals surface area contributed by atoms with E-state index in [-0.39, 0.29) is 30.7 Å². The molecule has 0 spiro atoms. The first-order chi connectivity index (χ1) is 12.7. The molecule has 1 aliphatic rings. The van der Waals surface area contributed by atoms with Crippen molar-refractivity contribution in [2.24, 2.45) is 0 Å². The molecule has 1 fully saturated rings. The van der Waals surface area contributed by atoms with Gasteiger partial charge >= 0.3 is 6.09 Å². The van der Waals surface area contributed by atoms with E-state index in [1.165, 1.54) is 0 Å². The van der Waals surface area contributed by atoms with Gasteiger partial charge in [-0.2, -0.15) is 0 Å². The average molecular weight is 376 g/mol. The van der Waals surface area contributed by atoms with Crippen LogP contribution in [-0.4, -0.2) is 64.5 Å². The SMILES string of the molecule is CC(C)(C)OC(=O)N1CCN(C(=O)CCC(=O)NCc2ccccn2)CC1. The van der Waals surface area contributed by atoms with Gasteiger partial charge in [-0.25, -0.2) is 4.79 Å². The highest BCUT2D eigenvalue weighted by Crippen LogP contribution is 2.12. The summed E-state index contributed by atoms with van der Waals surface area (Å²) in [6, 6.07) is 5.50. The second-order valence-electron chi connectivity index (χ2n) is 7.45. The maximum atomic E-state index is 12.3. The Morgan fingerprint density at radius 2 is 1.74 bits per heavy atom. The monoisotopic (exact) mass is 376 g/mol. The number of hydrogen-bond donors (Lipinski definition) is 1. The fourth-order valence-corrected chi connectivity index (χ4v) is 2.62. The molecule has 0 aromatic carbocycles. The summed E-state index contributed by atoms with van der Waals surface area (Å²) >= 11 is 0. The van der Waals surface area contributed by atoms with Gasteiger partial charge in [0.15, 0.2) is 0 Å². The molecular weight excluding hydrogens is 348 g/mol. The molecule has 0 bridgehead atoms. The number of nitrogens with one attached hydrogen (secondary N) is 1. The van der Waals surface area contributed by atoms with Crippen molar-refractivity contribution in [1.82, 2.24) is 20.1 Å². The normalized spacial score (nSPS) is 14.6. The molecule has 0 unspecified atom stereocenters. The van der Waals surface area contributed by atoms with Crippen molar-refractivity contribution in [3.8, 4) is 0 Å². The first-order valence-electron chi connectivity index (χ1n) is 9.17. The van der Waals surface area contributed by atoms with Crippen LogP contribution in [-0.2, 0) is 20.9 Å². The summed E-state index contributed by atoms with van der Waals surface area (Å²) in [4.78, 5) is 43.6. The Balaban J connectivity index is 1.67. The van der Waals surface area contributed by atoms with Crippen molar-refractivity contribution in [1.29, 1.82) is 0 Å². The van der Waals surface area contributed by atoms with Gasteiger partial charge in [-0.05, 0) is 32.9 Å². The Morgan fingerprint density at radius 3 is 2.33 bits per heavy atom. The zero-order valence-electron chi connectivity index (χ0n) is 16.2. The van der Waals surface area contributed by atoms with Gasteiger partial charge in [-0.15, -0.1) is 0 Å². The van der Waals surface area contributed by atoms with Crippen LogP contribution >= 0.6 is 0 Å². The Hall–Kier alpha value is -2.64. The van der Waals surface area contributed by atoms with E-state index < -0.39 is 5.60 Å². The Labute approximate surface area is 159 Å². The molecule has 0 aliphatic carbocycles. The minimum atomic E-state index is -0.535. The highest BCUT2D eigenvalue weighted by Gasteiger charge is 2.27. The van der Waals surface area contributed by atoms with Gasteiger partial charge < -0.3 is 19.9 Å². The second-order valence-corrected chi connectivity index (χ2v) is 7.45. The van der Waals surface area contributed by atoms with Crippen molar-refractivity contribution < 1.29 is 19.1 Å². The van der Waals surface area contributed by atoms with E-state index in [0.29, 0.717) is 32.7 Å². The van der Waals surface area contributed by atoms with E-state index in [1.807, 2.05) is 39.0 Å². The minimum Gasteiger partial charge on any atom is -0.444 e. The third-order valence-electron chi connectivity index (χ3n) is 4.04. The van der Waals surface area contributed by atoms with Gasteiger partial charge in [-0.3, -0.25) is 14.6 Å². The summed E-state index contributed by atoms with van der Waals surface area (Å²) in [6.07, 6.45) is 1.60. The van der Waals surface area contributed by atoms with Crippen LogP contribution in [0, 0.1) is 0 Å². The third kappa shape index (κ3) is 7.24. The molecule has 0 atom stereocenters. The molecule has 27 heavy (non-hydrogen) atoms. The van der Waals surface area contributed by atoms with E-state index >= 15 is 0 Å². The molecule has 1 saturated heterocycles. The van der Waals surface area contributed by atoms with Crippen LogP contribution < -0.4 is 5.32 Å². The fourth-order valence-electron chi connectivity index (χ4n) is 2.62. The van der Waals surface area contributed by atoms with Crippen molar-refractivity contribution in [2.75, 3.05) is 26.2 Å². The van der Waals surface area contributed by atoms with E-state index in [4.69, 9.17) is 4.74 Å². The van der Waals surface area contributed by atoms with Crippen LogP contribution in [0.25, 0.3) is 0 Å². The number of carbonyl (C=O) groups is 3. The van der Waals surface area contributed by atoms with Crippen LogP contribution in [0.2, 0.25) is 0 Å². The molecule has 2 rings (SSSR count). The lowest BCUT2D eigenvalue weighted by molar-refractivity contribution is -0.135. The molecule has 0 saturated carbocycles. The van der Waals surface area contributed by atoms with Gasteiger partial charge in [-0.1, -0.05) is 6.07 Å². The number of aromatic nitrogens is 1. The van der Waals surface area contributed by atoms with Gasteiger partial charge in [0, 0.05) is 45.2 Å². The molecule has 1 aliphatic heterocycles. The van der Waals surface area contributed by atoms with E-state index in [0.717, 1.165) is 5.69 Å². The number of hydrogen-bond acceptors (Lipinski definition) is 5. The Bertz CT molecular complexity index is 649. The first-order valence-corrected chi connectivity index (χ1v) is 9.17. The number of rotatable bonds is 5. The van der Waals surface area contributed by atoms with Gasteiger partial charge in [0.1, 0.15) is 5.60 Å². The zero-order chi connectivity index (χ0) is 19.9. The van der Waals surface area contributed by atoms with E-state index in [9.17, 15) is 14.4 Å². The van der Waals surface area contributed by atoms with Crippen LogP contribution in [0.4, 0.5) is 4.79 Å². The van der Waals surface area contributed by atoms with Gasteiger partial charge in [0.25, 0.3) is 0 Å². The number of carbonyl (C=O) groups excluding carboxylic acids is 3. The quantitative estimate of drug-likeness (QED) is 0.842. The summed E-state index contributed by atoms with van der Waals surface area (Å²) in [6.45, 7) is 7.60. The number of ether oxygens (including phenoxy) is 1. The maximum Gasteiger partial charge on any atom is 0.410 e. The van der Waals surface area contributed by atoms with Gasteiger partial charge in [0.2, 0.25) is 11.8 Å². The predicted octanol–water partition coefficient (Wildman–Crippen LogP) is 1.56. The molecule has 8 heteroatoms. The van der Waals surface area contributed by atoms with Crippen molar-refractivity contribution in [2.45, 2.75) is 45.8 Å². The number of pyridine rings is 1. The minimum absolute atomic E-state index is 0.0770. The van der Waals surface area contributed by atoms with Crippen LogP contribution in [0.1, 0.15) is 39.3 Å². The molecular formula is C19H28N4O4. The molecule has 1 aromatic heterocycles. The molecule has 8 nitrogen and oxygen atoms in total. The largest absolute Gasteiger partial charge is 0.444 e. The highest BCUT2D eigenvalue weighted by atomic mass is 16.6. The van der Waals surface area contributed by atoms with Crippen LogP contribution in [0.5, 0.6) is 0 Å². The Morgan fingerprint density at radius 1 is 1.07 bits per heavy atom. The molecule has 1 N–H and O–H groups in total. The standard InChI is InChI=1S/C19H28N4O4/c1-19(2,3)27-18(26)23-12-10-22(11-13-23)17(25)8-7-16(24)21-14-15-6-4-5-9-20-15/h4-6,9H,7-8,10-14H2,1-3H3,(H,21,24). The average Bonchev–Trinajstić information content (AvgIpc) is 2.64. The lowest BCUT2D eigenvalue weighted by atomic mass is 10.2. The van der Waals surface area contributed by atoms with Crippen LogP contribution in [0.15, 0.2) is 24.4 Å². The zero-order valence-corrected chi connectivity index (χ0v) is 16.2. The topological polar surface area (TPSA) is 91.8 Å². The lowest BCUT2D eigenvalue weighted by Crippen LogP contribution is -2.51. The van der Waals surface area contributed by atoms with E-state index in [2.05, 4.69) is 10.3 Å². The first kappa shape index (κ1) is 20.7. The molecule has 1 aromatic rings. The molecule has 2 heterocycles. The second kappa shape index (κ2) is 9.34. The highest BCUT2D eigenvalue weighted by molar-refractivity contribution is 5.84. The van der Waals surface area contributed by atoms with E-state index in [1.54, 1.807) is 16.0 Å². The molecule has 3 amide bonds. The summed E-state index contributed by atoms with van der Waals surface area (Å²) in [7, 11) is 0. The van der Waals surface area contributed by atoms with Crippen molar-refractivity contribution in [3.63, 3.8) is 0 Å². The maximum absolute atomic E-state index is 12.3. The summed E-state index contributed by atoms with van der Waals surface area (Å²) in [5, 5.41) is 2.76. The molecule has 0 radical (unpaired) electrons. The van der Waals surface area contributed by atoms with Crippen molar-refractivity contribution >= 4 is 17.9 Å².